The molecular weight excluding hydrogens is 186 g/mol. The van der Waals surface area contributed by atoms with Gasteiger partial charge in [0, 0.05) is 12.4 Å². The highest BCUT2D eigenvalue weighted by Gasteiger charge is 2.18. The number of nitrogens with zero attached hydrogens (tertiary/aromatic N) is 3. The molecule has 0 spiro atoms. The van der Waals surface area contributed by atoms with Gasteiger partial charge in [-0.3, -0.25) is 10.1 Å². The second-order valence-corrected chi connectivity index (χ2v) is 2.68. The molecule has 70 valence electrons. The summed E-state index contributed by atoms with van der Waals surface area (Å²) in [5.41, 5.74) is 0.709. The average molecular weight is 191 g/mol. The van der Waals surface area contributed by atoms with E-state index in [0.717, 1.165) is 0 Å². The molecule has 0 N–H and O–H groups in total. The number of amides is 1. The summed E-state index contributed by atoms with van der Waals surface area (Å²) in [7, 11) is 0. The second-order valence-electron chi connectivity index (χ2n) is 2.68. The molecular formula is C8H5N3O3. The summed E-state index contributed by atoms with van der Waals surface area (Å²) in [6, 6.07) is 4.46. The van der Waals surface area contributed by atoms with Crippen molar-refractivity contribution in [3.63, 3.8) is 0 Å². The fourth-order valence-electron chi connectivity index (χ4n) is 1.16. The van der Waals surface area contributed by atoms with E-state index in [1.165, 1.54) is 22.8 Å². The van der Waals surface area contributed by atoms with Crippen molar-refractivity contribution in [3.8, 4) is 0 Å². The summed E-state index contributed by atoms with van der Waals surface area (Å²) in [6.45, 7) is 0. The van der Waals surface area contributed by atoms with Crippen LogP contribution in [0.4, 0.5) is 0 Å². The van der Waals surface area contributed by atoms with Gasteiger partial charge in [0.05, 0.1) is 5.52 Å². The van der Waals surface area contributed by atoms with Crippen LogP contribution in [0.15, 0.2) is 30.6 Å². The topological polar surface area (TPSA) is 77.5 Å². The van der Waals surface area contributed by atoms with Crippen LogP contribution in [0.1, 0.15) is 10.4 Å². The normalized spacial score (nSPS) is 10.3. The van der Waals surface area contributed by atoms with Crippen molar-refractivity contribution in [1.82, 2.24) is 9.61 Å². The Balaban J connectivity index is 2.54. The molecule has 0 aliphatic carbocycles. The van der Waals surface area contributed by atoms with Crippen LogP contribution in [-0.4, -0.2) is 20.4 Å². The predicted molar refractivity (Wildman–Crippen MR) is 46.5 cm³/mol. The molecule has 2 aromatic heterocycles. The van der Waals surface area contributed by atoms with E-state index in [1.807, 2.05) is 0 Å². The molecule has 0 saturated carbocycles. The molecule has 0 saturated heterocycles. The first-order valence-corrected chi connectivity index (χ1v) is 3.80. The molecule has 6 heteroatoms. The lowest BCUT2D eigenvalue weighted by molar-refractivity contribution is -0.375. The Morgan fingerprint density at radius 1 is 1.50 bits per heavy atom. The molecule has 2 rings (SSSR count). The van der Waals surface area contributed by atoms with Gasteiger partial charge in [-0.05, 0) is 18.2 Å². The summed E-state index contributed by atoms with van der Waals surface area (Å²) >= 11 is 0. The second kappa shape index (κ2) is 2.91. The fourth-order valence-corrected chi connectivity index (χ4v) is 1.16. The Hall–Kier alpha value is -2.24. The van der Waals surface area contributed by atoms with E-state index in [1.54, 1.807) is 12.3 Å². The smallest absolute Gasteiger partial charge is 0.255 e. The van der Waals surface area contributed by atoms with Gasteiger partial charge in [0.2, 0.25) is 0 Å². The Bertz CT molecular complexity index is 517. The lowest BCUT2D eigenvalue weighted by Gasteiger charge is -1.94. The van der Waals surface area contributed by atoms with Crippen molar-refractivity contribution in [2.24, 2.45) is 0 Å². The van der Waals surface area contributed by atoms with Gasteiger partial charge in [-0.25, -0.2) is 9.31 Å². The van der Waals surface area contributed by atoms with Crippen molar-refractivity contribution in [2.75, 3.05) is 0 Å². The number of aromatic nitrogens is 2. The van der Waals surface area contributed by atoms with E-state index in [2.05, 4.69) is 5.10 Å². The highest BCUT2D eigenvalue weighted by Crippen LogP contribution is 2.07. The first-order valence-electron chi connectivity index (χ1n) is 3.80. The van der Waals surface area contributed by atoms with Gasteiger partial charge in [0.1, 0.15) is 10.5 Å². The number of hydrogen-bond acceptors (Lipinski definition) is 4. The van der Waals surface area contributed by atoms with Gasteiger partial charge in [-0.15, -0.1) is 0 Å². The van der Waals surface area contributed by atoms with Crippen LogP contribution in [0.2, 0.25) is 0 Å². The lowest BCUT2D eigenvalue weighted by Crippen LogP contribution is -2.11. The maximum atomic E-state index is 11.0. The van der Waals surface area contributed by atoms with Gasteiger partial charge in [-0.2, -0.15) is 5.10 Å². The maximum Gasteiger partial charge on any atom is 0.476 e. The van der Waals surface area contributed by atoms with Crippen molar-refractivity contribution < 1.29 is 9.72 Å². The van der Waals surface area contributed by atoms with Crippen LogP contribution < -0.4 is 0 Å². The molecule has 6 nitrogen and oxygen atoms in total. The largest absolute Gasteiger partial charge is 0.476 e. The molecule has 14 heavy (non-hydrogen) atoms. The quantitative estimate of drug-likeness (QED) is 0.492. The molecule has 0 aliphatic heterocycles. The monoisotopic (exact) mass is 191 g/mol. The molecule has 0 radical (unpaired) electrons. The molecule has 2 heterocycles. The molecule has 0 unspecified atom stereocenters. The number of carbonyl (C=O) groups is 1. The minimum absolute atomic E-state index is 0.0583. The lowest BCUT2D eigenvalue weighted by atomic mass is 10.2. The molecule has 1 amide bonds. The van der Waals surface area contributed by atoms with Crippen molar-refractivity contribution >= 4 is 11.4 Å². The number of hydrogen-bond donors (Lipinski definition) is 0. The van der Waals surface area contributed by atoms with Crippen LogP contribution in [0.25, 0.3) is 5.52 Å². The van der Waals surface area contributed by atoms with Crippen LogP contribution in [-0.2, 0) is 0 Å². The van der Waals surface area contributed by atoms with Crippen LogP contribution in [0.5, 0.6) is 0 Å². The van der Waals surface area contributed by atoms with E-state index < -0.39 is 10.8 Å². The average Bonchev–Trinajstić information content (AvgIpc) is 2.62. The Labute approximate surface area is 77.9 Å². The van der Waals surface area contributed by atoms with Gasteiger partial charge in [-0.1, -0.05) is 0 Å². The van der Waals surface area contributed by atoms with Crippen LogP contribution in [0, 0.1) is 10.1 Å². The summed E-state index contributed by atoms with van der Waals surface area (Å²) in [5, 5.41) is 14.1. The van der Waals surface area contributed by atoms with Crippen molar-refractivity contribution in [2.45, 2.75) is 0 Å². The summed E-state index contributed by atoms with van der Waals surface area (Å²) in [6.07, 6.45) is 3.06. The van der Waals surface area contributed by atoms with E-state index in [-0.39, 0.29) is 5.56 Å². The minimum Gasteiger partial charge on any atom is -0.255 e. The zero-order chi connectivity index (χ0) is 10.1. The van der Waals surface area contributed by atoms with Gasteiger partial charge < -0.3 is 0 Å². The van der Waals surface area contributed by atoms with Crippen molar-refractivity contribution in [3.05, 3.63) is 46.3 Å². The number of nitro groups is 1. The van der Waals surface area contributed by atoms with E-state index in [0.29, 0.717) is 5.52 Å². The SMILES string of the molecule is O=C(c1ccn2nccc2c1)[N+](=O)[O-]. The fraction of sp³-hybridized carbons (Fsp3) is 0. The molecule has 2 aromatic rings. The standard InChI is InChI=1S/C8H5N3O3/c12-8(11(13)14)6-2-4-10-7(5-6)1-3-9-10/h1-5H. The zero-order valence-corrected chi connectivity index (χ0v) is 6.95. The maximum absolute atomic E-state index is 11.0. The molecule has 0 atom stereocenters. The highest BCUT2D eigenvalue weighted by molar-refractivity contribution is 5.88. The molecule has 0 aromatic carbocycles. The predicted octanol–water partition coefficient (Wildman–Crippen LogP) is 0.751. The van der Waals surface area contributed by atoms with E-state index in [9.17, 15) is 14.9 Å². The summed E-state index contributed by atoms with van der Waals surface area (Å²) in [4.78, 5) is 20.2. The number of rotatable bonds is 1. The summed E-state index contributed by atoms with van der Waals surface area (Å²) in [5.74, 6) is -1.10. The Morgan fingerprint density at radius 3 is 3.00 bits per heavy atom. The van der Waals surface area contributed by atoms with Crippen LogP contribution >= 0.6 is 0 Å². The third-order valence-electron chi connectivity index (χ3n) is 1.81. The van der Waals surface area contributed by atoms with Gasteiger partial charge in [0.25, 0.3) is 0 Å². The Morgan fingerprint density at radius 2 is 2.29 bits per heavy atom. The number of pyridine rings is 1. The van der Waals surface area contributed by atoms with E-state index in [4.69, 9.17) is 0 Å². The third-order valence-corrected chi connectivity index (χ3v) is 1.81. The molecule has 0 bridgehead atoms. The van der Waals surface area contributed by atoms with Gasteiger partial charge >= 0.3 is 5.91 Å². The van der Waals surface area contributed by atoms with Crippen LogP contribution in [0.3, 0.4) is 0 Å². The zero-order valence-electron chi connectivity index (χ0n) is 6.95. The van der Waals surface area contributed by atoms with Gasteiger partial charge in [0.15, 0.2) is 0 Å². The first kappa shape index (κ1) is 8.36. The minimum atomic E-state index is -1.10. The first-order chi connectivity index (χ1) is 6.68. The number of fused-ring (bicyclic) bond motifs is 1. The summed E-state index contributed by atoms with van der Waals surface area (Å²) < 4.78 is 1.52. The van der Waals surface area contributed by atoms with E-state index >= 15 is 0 Å². The third kappa shape index (κ3) is 1.22. The number of carbonyl (C=O) groups excluding carboxylic acids is 1. The van der Waals surface area contributed by atoms with Crippen molar-refractivity contribution in [1.29, 1.82) is 0 Å². The highest BCUT2D eigenvalue weighted by atomic mass is 16.6. The molecule has 0 fully saturated rings. The molecule has 0 aliphatic rings. The Kier molecular flexibility index (Phi) is 1.74.